The monoisotopic (exact) mass is 381 g/mol. The summed E-state index contributed by atoms with van der Waals surface area (Å²) in [6.07, 6.45) is 5.07. The fourth-order valence-electron chi connectivity index (χ4n) is 3.67. The van der Waals surface area contributed by atoms with E-state index in [1.165, 1.54) is 5.56 Å². The van der Waals surface area contributed by atoms with E-state index in [1.54, 1.807) is 24.6 Å². The summed E-state index contributed by atoms with van der Waals surface area (Å²) in [5.41, 5.74) is 3.05. The van der Waals surface area contributed by atoms with Gasteiger partial charge < -0.3 is 9.64 Å². The first-order valence-corrected chi connectivity index (χ1v) is 10.1. The van der Waals surface area contributed by atoms with Gasteiger partial charge in [0.25, 0.3) is 0 Å². The Kier molecular flexibility index (Phi) is 5.45. The van der Waals surface area contributed by atoms with Crippen molar-refractivity contribution < 1.29 is 9.53 Å². The summed E-state index contributed by atoms with van der Waals surface area (Å²) >= 11 is 1.62. The number of aryl methyl sites for hydroxylation is 1. The molecule has 0 amide bonds. The first-order valence-electron chi connectivity index (χ1n) is 9.33. The summed E-state index contributed by atoms with van der Waals surface area (Å²) in [7, 11) is 1.69. The lowest BCUT2D eigenvalue weighted by atomic mass is 10.0. The maximum absolute atomic E-state index is 12.9. The highest BCUT2D eigenvalue weighted by Crippen LogP contribution is 2.35. The Labute approximate surface area is 163 Å². The third-order valence-corrected chi connectivity index (χ3v) is 6.19. The Balaban J connectivity index is 1.51. The smallest absolute Gasteiger partial charge is 0.188 e. The van der Waals surface area contributed by atoms with Crippen LogP contribution in [0.3, 0.4) is 0 Å². The summed E-state index contributed by atoms with van der Waals surface area (Å²) in [4.78, 5) is 24.2. The minimum Gasteiger partial charge on any atom is -0.380 e. The molecular weight excluding hydrogens is 358 g/mol. The molecule has 0 bridgehead atoms. The Bertz CT molecular complexity index is 926. The van der Waals surface area contributed by atoms with Gasteiger partial charge in [0, 0.05) is 31.8 Å². The summed E-state index contributed by atoms with van der Waals surface area (Å²) < 4.78 is 6.34. The number of hydrogen-bond acceptors (Lipinski definition) is 6. The van der Waals surface area contributed by atoms with Crippen LogP contribution in [0.4, 0.5) is 5.13 Å². The number of benzene rings is 1. The van der Waals surface area contributed by atoms with Crippen LogP contribution >= 0.6 is 11.3 Å². The van der Waals surface area contributed by atoms with Crippen molar-refractivity contribution in [1.29, 1.82) is 0 Å². The van der Waals surface area contributed by atoms with E-state index in [9.17, 15) is 4.79 Å². The molecule has 1 aliphatic rings. The normalized spacial score (nSPS) is 16.9. The number of pyridine rings is 1. The second kappa shape index (κ2) is 8.15. The van der Waals surface area contributed by atoms with Crippen molar-refractivity contribution in [3.8, 4) is 0 Å². The third-order valence-electron chi connectivity index (χ3n) is 5.04. The van der Waals surface area contributed by atoms with Crippen molar-refractivity contribution in [3.63, 3.8) is 0 Å². The van der Waals surface area contributed by atoms with Crippen molar-refractivity contribution in [2.45, 2.75) is 38.3 Å². The van der Waals surface area contributed by atoms with E-state index in [0.29, 0.717) is 18.8 Å². The SMILES string of the molecule is COCc1ccnc2nc(N3CCC[C@@H]3C(=O)CCc3ccccc3)sc12. The van der Waals surface area contributed by atoms with Gasteiger partial charge in [-0.2, -0.15) is 4.98 Å². The molecule has 0 unspecified atom stereocenters. The third kappa shape index (κ3) is 3.87. The molecule has 2 aromatic heterocycles. The van der Waals surface area contributed by atoms with Gasteiger partial charge in [-0.3, -0.25) is 4.79 Å². The van der Waals surface area contributed by atoms with E-state index >= 15 is 0 Å². The van der Waals surface area contributed by atoms with Crippen LogP contribution in [-0.4, -0.2) is 35.4 Å². The Morgan fingerprint density at radius 1 is 1.30 bits per heavy atom. The van der Waals surface area contributed by atoms with Crippen molar-refractivity contribution in [1.82, 2.24) is 9.97 Å². The second-order valence-corrected chi connectivity index (χ2v) is 7.83. The van der Waals surface area contributed by atoms with E-state index in [4.69, 9.17) is 9.72 Å². The molecule has 1 aliphatic heterocycles. The Hall–Kier alpha value is -2.31. The number of methoxy groups -OCH3 is 1. The largest absolute Gasteiger partial charge is 0.380 e. The number of aromatic nitrogens is 2. The van der Waals surface area contributed by atoms with Gasteiger partial charge in [-0.15, -0.1) is 0 Å². The zero-order valence-electron chi connectivity index (χ0n) is 15.4. The Morgan fingerprint density at radius 2 is 2.15 bits per heavy atom. The van der Waals surface area contributed by atoms with Crippen molar-refractivity contribution in [2.75, 3.05) is 18.6 Å². The summed E-state index contributed by atoms with van der Waals surface area (Å²) in [5, 5.41) is 0.900. The fraction of sp³-hybridized carbons (Fsp3) is 0.381. The van der Waals surface area contributed by atoms with E-state index in [-0.39, 0.29) is 6.04 Å². The van der Waals surface area contributed by atoms with E-state index < -0.39 is 0 Å². The van der Waals surface area contributed by atoms with Gasteiger partial charge in [0.15, 0.2) is 16.6 Å². The number of anilines is 1. The molecule has 3 heterocycles. The number of nitrogens with zero attached hydrogens (tertiary/aromatic N) is 3. The van der Waals surface area contributed by atoms with E-state index in [1.807, 2.05) is 24.3 Å². The van der Waals surface area contributed by atoms with Crippen LogP contribution in [0.5, 0.6) is 0 Å². The predicted molar refractivity (Wildman–Crippen MR) is 108 cm³/mol. The van der Waals surface area contributed by atoms with Crippen LogP contribution in [0.15, 0.2) is 42.6 Å². The molecule has 0 radical (unpaired) electrons. The number of carbonyl (C=O) groups excluding carboxylic acids is 1. The molecule has 0 spiro atoms. The number of ketones is 1. The van der Waals surface area contributed by atoms with Gasteiger partial charge in [0.05, 0.1) is 17.3 Å². The van der Waals surface area contributed by atoms with Gasteiger partial charge in [-0.25, -0.2) is 4.98 Å². The van der Waals surface area contributed by atoms with Crippen LogP contribution in [0, 0.1) is 0 Å². The van der Waals surface area contributed by atoms with Gasteiger partial charge >= 0.3 is 0 Å². The van der Waals surface area contributed by atoms with Gasteiger partial charge in [-0.05, 0) is 30.9 Å². The molecule has 140 valence electrons. The molecule has 1 aromatic carbocycles. The average molecular weight is 382 g/mol. The zero-order chi connectivity index (χ0) is 18.6. The van der Waals surface area contributed by atoms with Crippen LogP contribution in [0.25, 0.3) is 10.3 Å². The quantitative estimate of drug-likeness (QED) is 0.619. The van der Waals surface area contributed by atoms with Crippen molar-refractivity contribution in [3.05, 3.63) is 53.7 Å². The minimum atomic E-state index is -0.0693. The van der Waals surface area contributed by atoms with Crippen LogP contribution < -0.4 is 4.90 Å². The van der Waals surface area contributed by atoms with Gasteiger partial charge in [-0.1, -0.05) is 41.7 Å². The molecule has 1 saturated heterocycles. The average Bonchev–Trinajstić information content (AvgIpc) is 3.34. The molecule has 1 fully saturated rings. The van der Waals surface area contributed by atoms with Crippen LogP contribution in [0.2, 0.25) is 0 Å². The number of fused-ring (bicyclic) bond motifs is 1. The molecule has 6 heteroatoms. The van der Waals surface area contributed by atoms with Gasteiger partial charge in [0.2, 0.25) is 0 Å². The molecule has 27 heavy (non-hydrogen) atoms. The number of Topliss-reactive ketones (excluding diaryl/α,β-unsaturated/α-hetero) is 1. The van der Waals surface area contributed by atoms with Crippen molar-refractivity contribution >= 4 is 32.6 Å². The first-order chi connectivity index (χ1) is 13.3. The highest BCUT2D eigenvalue weighted by atomic mass is 32.1. The van der Waals surface area contributed by atoms with E-state index in [0.717, 1.165) is 46.8 Å². The number of ether oxygens (including phenoxy) is 1. The Morgan fingerprint density at radius 3 is 2.96 bits per heavy atom. The lowest BCUT2D eigenvalue weighted by Crippen LogP contribution is -2.36. The number of thiazole rings is 1. The summed E-state index contributed by atoms with van der Waals surface area (Å²) in [5.74, 6) is 0.306. The van der Waals surface area contributed by atoms with Gasteiger partial charge in [0.1, 0.15) is 0 Å². The fourth-order valence-corrected chi connectivity index (χ4v) is 4.77. The lowest BCUT2D eigenvalue weighted by Gasteiger charge is -2.22. The summed E-state index contributed by atoms with van der Waals surface area (Å²) in [6, 6.07) is 12.1. The molecule has 1 atom stereocenters. The van der Waals surface area contributed by atoms with E-state index in [2.05, 4.69) is 22.0 Å². The number of carbonyl (C=O) groups is 1. The minimum absolute atomic E-state index is 0.0693. The van der Waals surface area contributed by atoms with Crippen LogP contribution in [0.1, 0.15) is 30.4 Å². The molecule has 0 N–H and O–H groups in total. The lowest BCUT2D eigenvalue weighted by molar-refractivity contribution is -0.120. The molecule has 4 rings (SSSR count). The number of rotatable bonds is 7. The molecule has 0 saturated carbocycles. The highest BCUT2D eigenvalue weighted by Gasteiger charge is 2.32. The standard InChI is InChI=1S/C21H23N3O2S/c1-26-14-16-11-12-22-20-19(16)27-21(23-20)24-13-5-8-17(24)18(25)10-9-15-6-3-2-4-7-15/h2-4,6-7,11-12,17H,5,8-10,13-14H2,1H3/t17-/m1/s1. The zero-order valence-corrected chi connectivity index (χ0v) is 16.2. The maximum Gasteiger partial charge on any atom is 0.188 e. The molecule has 3 aromatic rings. The number of hydrogen-bond donors (Lipinski definition) is 0. The maximum atomic E-state index is 12.9. The molecule has 5 nitrogen and oxygen atoms in total. The highest BCUT2D eigenvalue weighted by molar-refractivity contribution is 7.22. The topological polar surface area (TPSA) is 55.3 Å². The molecule has 0 aliphatic carbocycles. The van der Waals surface area contributed by atoms with Crippen LogP contribution in [-0.2, 0) is 22.6 Å². The second-order valence-electron chi connectivity index (χ2n) is 6.86. The first kappa shape index (κ1) is 18.1. The summed E-state index contributed by atoms with van der Waals surface area (Å²) in [6.45, 7) is 1.42. The molecular formula is C21H23N3O2S. The van der Waals surface area contributed by atoms with Crippen molar-refractivity contribution in [2.24, 2.45) is 0 Å². The predicted octanol–water partition coefficient (Wildman–Crippen LogP) is 4.01.